The predicted octanol–water partition coefficient (Wildman–Crippen LogP) is 3.68. The van der Waals surface area contributed by atoms with Crippen molar-refractivity contribution in [2.75, 3.05) is 7.05 Å². The van der Waals surface area contributed by atoms with Crippen molar-refractivity contribution in [1.82, 2.24) is 5.32 Å². The highest BCUT2D eigenvalue weighted by Crippen LogP contribution is 2.41. The number of nitrogens with one attached hydrogen (secondary N) is 1. The zero-order valence-electron chi connectivity index (χ0n) is 11.0. The summed E-state index contributed by atoms with van der Waals surface area (Å²) in [5.74, 6) is 1.84. The van der Waals surface area contributed by atoms with E-state index >= 15 is 0 Å². The molecule has 1 N–H and O–H groups in total. The monoisotopic (exact) mass is 241 g/mol. The maximum Gasteiger partial charge on any atom is 0.0101 e. The molecule has 2 aliphatic carbocycles. The van der Waals surface area contributed by atoms with E-state index in [2.05, 4.69) is 38.0 Å². The minimum absolute atomic E-state index is 0.776. The molecule has 0 aliphatic heterocycles. The predicted molar refractivity (Wildman–Crippen MR) is 74.0 cm³/mol. The number of hydrogen-bond acceptors (Lipinski definition) is 2. The first-order valence-electron chi connectivity index (χ1n) is 7.03. The Hall–Kier alpha value is 0.310. The van der Waals surface area contributed by atoms with Crippen LogP contribution in [0, 0.1) is 11.8 Å². The Morgan fingerprint density at radius 1 is 1.06 bits per heavy atom. The quantitative estimate of drug-likeness (QED) is 0.809. The molecule has 16 heavy (non-hydrogen) atoms. The molecule has 2 aliphatic rings. The Kier molecular flexibility index (Phi) is 4.60. The van der Waals surface area contributed by atoms with E-state index in [1.807, 2.05) is 0 Å². The molecule has 0 aromatic heterocycles. The van der Waals surface area contributed by atoms with Gasteiger partial charge in [0, 0.05) is 16.5 Å². The summed E-state index contributed by atoms with van der Waals surface area (Å²) in [5.41, 5.74) is 0. The van der Waals surface area contributed by atoms with Gasteiger partial charge in [-0.05, 0) is 44.6 Å². The van der Waals surface area contributed by atoms with Gasteiger partial charge in [0.2, 0.25) is 0 Å². The van der Waals surface area contributed by atoms with Crippen LogP contribution in [0.15, 0.2) is 0 Å². The molecule has 0 aromatic carbocycles. The Balaban J connectivity index is 1.81. The Morgan fingerprint density at radius 3 is 2.50 bits per heavy atom. The molecule has 2 rings (SSSR count). The van der Waals surface area contributed by atoms with Gasteiger partial charge in [0.1, 0.15) is 0 Å². The van der Waals surface area contributed by atoms with Crippen molar-refractivity contribution in [1.29, 1.82) is 0 Å². The Labute approximate surface area is 105 Å². The topological polar surface area (TPSA) is 12.0 Å². The normalized spacial score (nSPS) is 44.8. The Bertz CT molecular complexity index is 219. The van der Waals surface area contributed by atoms with Gasteiger partial charge in [-0.3, -0.25) is 0 Å². The molecular formula is C14H27NS. The number of rotatable bonds is 3. The maximum atomic E-state index is 3.48. The first-order chi connectivity index (χ1) is 7.70. The summed E-state index contributed by atoms with van der Waals surface area (Å²) >= 11 is 2.32. The summed E-state index contributed by atoms with van der Waals surface area (Å²) in [4.78, 5) is 0. The molecule has 2 saturated carbocycles. The van der Waals surface area contributed by atoms with Gasteiger partial charge in [0.25, 0.3) is 0 Å². The van der Waals surface area contributed by atoms with Crippen molar-refractivity contribution < 1.29 is 0 Å². The molecule has 0 aromatic rings. The fraction of sp³-hybridized carbons (Fsp3) is 1.00. The lowest BCUT2D eigenvalue weighted by molar-refractivity contribution is 0.392. The zero-order chi connectivity index (χ0) is 11.5. The van der Waals surface area contributed by atoms with Crippen molar-refractivity contribution in [2.24, 2.45) is 11.8 Å². The van der Waals surface area contributed by atoms with Crippen molar-refractivity contribution in [2.45, 2.75) is 68.9 Å². The molecule has 1 nitrogen and oxygen atoms in total. The van der Waals surface area contributed by atoms with Gasteiger partial charge >= 0.3 is 0 Å². The molecule has 0 saturated heterocycles. The van der Waals surface area contributed by atoms with E-state index in [4.69, 9.17) is 0 Å². The molecule has 0 spiro atoms. The van der Waals surface area contributed by atoms with Crippen LogP contribution in [0.1, 0.15) is 52.4 Å². The van der Waals surface area contributed by atoms with Gasteiger partial charge in [0.05, 0.1) is 0 Å². The SMILES string of the molecule is CNC1CCC(SC2CCCC(C)C2)C1C. The molecular weight excluding hydrogens is 214 g/mol. The van der Waals surface area contributed by atoms with Crippen molar-refractivity contribution in [3.63, 3.8) is 0 Å². The minimum atomic E-state index is 0.776. The lowest BCUT2D eigenvalue weighted by Gasteiger charge is -2.30. The van der Waals surface area contributed by atoms with Crippen LogP contribution in [-0.2, 0) is 0 Å². The zero-order valence-corrected chi connectivity index (χ0v) is 11.9. The van der Waals surface area contributed by atoms with Gasteiger partial charge < -0.3 is 5.32 Å². The molecule has 0 heterocycles. The van der Waals surface area contributed by atoms with Crippen molar-refractivity contribution in [3.8, 4) is 0 Å². The molecule has 5 unspecified atom stereocenters. The fourth-order valence-corrected chi connectivity index (χ4v) is 5.42. The first-order valence-corrected chi connectivity index (χ1v) is 7.97. The van der Waals surface area contributed by atoms with E-state index in [-0.39, 0.29) is 0 Å². The maximum absolute atomic E-state index is 3.48. The van der Waals surface area contributed by atoms with Crippen molar-refractivity contribution in [3.05, 3.63) is 0 Å². The summed E-state index contributed by atoms with van der Waals surface area (Å²) in [6.45, 7) is 4.87. The van der Waals surface area contributed by atoms with Crippen LogP contribution in [0.25, 0.3) is 0 Å². The molecule has 2 fully saturated rings. The largest absolute Gasteiger partial charge is 0.317 e. The van der Waals surface area contributed by atoms with Crippen LogP contribution in [0.5, 0.6) is 0 Å². The first kappa shape index (κ1) is 12.8. The molecule has 0 bridgehead atoms. The molecule has 0 radical (unpaired) electrons. The van der Waals surface area contributed by atoms with Gasteiger partial charge in [-0.2, -0.15) is 11.8 Å². The Morgan fingerprint density at radius 2 is 1.88 bits per heavy atom. The molecule has 2 heteroatoms. The number of hydrogen-bond donors (Lipinski definition) is 1. The lowest BCUT2D eigenvalue weighted by Crippen LogP contribution is -2.31. The third-order valence-corrected chi connectivity index (χ3v) is 6.44. The highest BCUT2D eigenvalue weighted by atomic mass is 32.2. The van der Waals surface area contributed by atoms with Gasteiger partial charge in [-0.25, -0.2) is 0 Å². The van der Waals surface area contributed by atoms with E-state index < -0.39 is 0 Å². The average molecular weight is 241 g/mol. The van der Waals surface area contributed by atoms with Crippen LogP contribution >= 0.6 is 11.8 Å². The van der Waals surface area contributed by atoms with E-state index in [9.17, 15) is 0 Å². The minimum Gasteiger partial charge on any atom is -0.317 e. The summed E-state index contributed by atoms with van der Waals surface area (Å²) in [6, 6.07) is 0.776. The summed E-state index contributed by atoms with van der Waals surface area (Å²) in [7, 11) is 2.12. The summed E-state index contributed by atoms with van der Waals surface area (Å²) in [5, 5.41) is 5.36. The highest BCUT2D eigenvalue weighted by Gasteiger charge is 2.34. The molecule has 5 atom stereocenters. The second-order valence-electron chi connectivity index (χ2n) is 5.90. The third-order valence-electron chi connectivity index (χ3n) is 4.61. The lowest BCUT2D eigenvalue weighted by atomic mass is 9.90. The van der Waals surface area contributed by atoms with E-state index in [1.54, 1.807) is 0 Å². The number of thioether (sulfide) groups is 1. The van der Waals surface area contributed by atoms with Crippen LogP contribution in [-0.4, -0.2) is 23.6 Å². The van der Waals surface area contributed by atoms with E-state index in [0.29, 0.717) is 0 Å². The van der Waals surface area contributed by atoms with Crippen LogP contribution < -0.4 is 5.32 Å². The summed E-state index contributed by atoms with van der Waals surface area (Å²) in [6.07, 6.45) is 8.70. The smallest absolute Gasteiger partial charge is 0.0101 e. The van der Waals surface area contributed by atoms with Crippen LogP contribution in [0.2, 0.25) is 0 Å². The van der Waals surface area contributed by atoms with Crippen molar-refractivity contribution >= 4 is 11.8 Å². The van der Waals surface area contributed by atoms with E-state index in [0.717, 1.165) is 28.4 Å². The second-order valence-corrected chi connectivity index (χ2v) is 7.44. The third kappa shape index (κ3) is 2.95. The fourth-order valence-electron chi connectivity index (χ4n) is 3.48. The van der Waals surface area contributed by atoms with Crippen LogP contribution in [0.3, 0.4) is 0 Å². The van der Waals surface area contributed by atoms with E-state index in [1.165, 1.54) is 38.5 Å². The highest BCUT2D eigenvalue weighted by molar-refractivity contribution is 8.00. The summed E-state index contributed by atoms with van der Waals surface area (Å²) < 4.78 is 0. The van der Waals surface area contributed by atoms with Gasteiger partial charge in [-0.1, -0.05) is 26.7 Å². The molecule has 0 amide bonds. The standard InChI is InChI=1S/C14H27NS/c1-10-5-4-6-12(9-10)16-14-8-7-13(15-3)11(14)2/h10-15H,4-9H2,1-3H3. The molecule has 94 valence electrons. The second kappa shape index (κ2) is 5.77. The van der Waals surface area contributed by atoms with Gasteiger partial charge in [0.15, 0.2) is 0 Å². The van der Waals surface area contributed by atoms with Crippen LogP contribution in [0.4, 0.5) is 0 Å². The van der Waals surface area contributed by atoms with Gasteiger partial charge in [-0.15, -0.1) is 0 Å². The average Bonchev–Trinajstić information content (AvgIpc) is 2.60.